The summed E-state index contributed by atoms with van der Waals surface area (Å²) in [5.74, 6) is 4.26. The van der Waals surface area contributed by atoms with Gasteiger partial charge in [-0.2, -0.15) is 13.2 Å². The van der Waals surface area contributed by atoms with Crippen molar-refractivity contribution in [2.24, 2.45) is 0 Å². The first-order valence-corrected chi connectivity index (χ1v) is 6.25. The van der Waals surface area contributed by atoms with E-state index in [2.05, 4.69) is 22.1 Å². The van der Waals surface area contributed by atoms with Crippen molar-refractivity contribution in [3.63, 3.8) is 0 Å². The zero-order valence-corrected chi connectivity index (χ0v) is 10.7. The molecular formula is C14H14F4N2. The van der Waals surface area contributed by atoms with Gasteiger partial charge in [-0.25, -0.2) is 4.39 Å². The van der Waals surface area contributed by atoms with E-state index >= 15 is 0 Å². The van der Waals surface area contributed by atoms with Crippen molar-refractivity contribution < 1.29 is 17.6 Å². The molecule has 1 saturated heterocycles. The molecule has 0 atom stereocenters. The van der Waals surface area contributed by atoms with Gasteiger partial charge in [0.2, 0.25) is 0 Å². The largest absolute Gasteiger partial charge is 0.419 e. The third-order valence-electron chi connectivity index (χ3n) is 3.02. The number of hydrogen-bond acceptors (Lipinski definition) is 2. The zero-order valence-electron chi connectivity index (χ0n) is 10.7. The van der Waals surface area contributed by atoms with Crippen LogP contribution < -0.4 is 5.32 Å². The topological polar surface area (TPSA) is 15.3 Å². The summed E-state index contributed by atoms with van der Waals surface area (Å²) in [5.41, 5.74) is -1.00. The van der Waals surface area contributed by atoms with Crippen molar-refractivity contribution in [3.05, 3.63) is 35.1 Å². The van der Waals surface area contributed by atoms with Crippen LogP contribution in [0.4, 0.5) is 17.6 Å². The predicted molar refractivity (Wildman–Crippen MR) is 67.6 cm³/mol. The number of nitrogens with zero attached hydrogens (tertiary/aromatic N) is 1. The normalized spacial score (nSPS) is 16.6. The van der Waals surface area contributed by atoms with Gasteiger partial charge in [-0.05, 0) is 18.2 Å². The first-order chi connectivity index (χ1) is 9.47. The second-order valence-electron chi connectivity index (χ2n) is 4.52. The summed E-state index contributed by atoms with van der Waals surface area (Å²) >= 11 is 0. The Hall–Kier alpha value is -1.58. The van der Waals surface area contributed by atoms with Gasteiger partial charge in [-0.15, -0.1) is 0 Å². The maximum absolute atomic E-state index is 13.3. The molecule has 0 amide bonds. The highest BCUT2D eigenvalue weighted by molar-refractivity contribution is 5.38. The Balaban J connectivity index is 2.02. The number of halogens is 4. The maximum Gasteiger partial charge on any atom is 0.419 e. The van der Waals surface area contributed by atoms with Gasteiger partial charge >= 0.3 is 6.18 Å². The van der Waals surface area contributed by atoms with E-state index in [0.29, 0.717) is 6.54 Å². The average Bonchev–Trinajstić information content (AvgIpc) is 2.38. The lowest BCUT2D eigenvalue weighted by molar-refractivity contribution is -0.140. The minimum Gasteiger partial charge on any atom is -0.314 e. The van der Waals surface area contributed by atoms with Crippen LogP contribution >= 0.6 is 0 Å². The van der Waals surface area contributed by atoms with Gasteiger partial charge in [0.1, 0.15) is 5.82 Å². The Labute approximate surface area is 114 Å². The van der Waals surface area contributed by atoms with Crippen molar-refractivity contribution in [3.8, 4) is 11.8 Å². The van der Waals surface area contributed by atoms with E-state index in [1.807, 2.05) is 0 Å². The Morgan fingerprint density at radius 3 is 2.50 bits per heavy atom. The summed E-state index contributed by atoms with van der Waals surface area (Å²) in [6.45, 7) is 4.10. The van der Waals surface area contributed by atoms with Crippen LogP contribution in [0.3, 0.4) is 0 Å². The highest BCUT2D eigenvalue weighted by Crippen LogP contribution is 2.31. The smallest absolute Gasteiger partial charge is 0.314 e. The van der Waals surface area contributed by atoms with Crippen LogP contribution in [-0.2, 0) is 6.18 Å². The van der Waals surface area contributed by atoms with Gasteiger partial charge in [0.05, 0.1) is 12.1 Å². The molecule has 0 spiro atoms. The molecule has 108 valence electrons. The molecule has 0 aliphatic carbocycles. The van der Waals surface area contributed by atoms with Crippen molar-refractivity contribution in [2.45, 2.75) is 6.18 Å². The molecule has 1 aliphatic heterocycles. The maximum atomic E-state index is 13.3. The van der Waals surface area contributed by atoms with Gasteiger partial charge < -0.3 is 5.32 Å². The van der Waals surface area contributed by atoms with Crippen molar-refractivity contribution in [1.82, 2.24) is 10.2 Å². The Bertz CT molecular complexity index is 522. The number of benzene rings is 1. The molecule has 1 heterocycles. The predicted octanol–water partition coefficient (Wildman–Crippen LogP) is 2.10. The minimum atomic E-state index is -4.67. The second kappa shape index (κ2) is 6.25. The molecule has 0 radical (unpaired) electrons. The molecule has 0 aromatic heterocycles. The quantitative estimate of drug-likeness (QED) is 0.628. The molecule has 6 heteroatoms. The first-order valence-electron chi connectivity index (χ1n) is 6.25. The number of rotatable bonds is 1. The summed E-state index contributed by atoms with van der Waals surface area (Å²) in [5, 5.41) is 3.20. The fraction of sp³-hybridized carbons (Fsp3) is 0.429. The molecule has 20 heavy (non-hydrogen) atoms. The van der Waals surface area contributed by atoms with E-state index in [-0.39, 0.29) is 5.56 Å². The molecule has 0 saturated carbocycles. The van der Waals surface area contributed by atoms with Crippen LogP contribution in [0.15, 0.2) is 18.2 Å². The molecule has 2 nitrogen and oxygen atoms in total. The Morgan fingerprint density at radius 2 is 1.90 bits per heavy atom. The van der Waals surface area contributed by atoms with Crippen LogP contribution in [0, 0.1) is 17.7 Å². The van der Waals surface area contributed by atoms with Crippen LogP contribution in [0.25, 0.3) is 0 Å². The summed E-state index contributed by atoms with van der Waals surface area (Å²) < 4.78 is 50.5. The van der Waals surface area contributed by atoms with Gasteiger partial charge in [-0.3, -0.25) is 4.90 Å². The lowest BCUT2D eigenvalue weighted by atomic mass is 10.1. The number of hydrogen-bond donors (Lipinski definition) is 1. The Morgan fingerprint density at radius 1 is 1.20 bits per heavy atom. The molecule has 0 unspecified atom stereocenters. The Kier molecular flexibility index (Phi) is 4.63. The minimum absolute atomic E-state index is 0.255. The molecule has 1 N–H and O–H groups in total. The molecule has 1 aromatic carbocycles. The summed E-state index contributed by atoms with van der Waals surface area (Å²) in [6.07, 6.45) is -4.67. The van der Waals surface area contributed by atoms with E-state index in [9.17, 15) is 17.6 Å². The lowest BCUT2D eigenvalue weighted by Crippen LogP contribution is -2.43. The number of alkyl halides is 3. The highest BCUT2D eigenvalue weighted by Gasteiger charge is 2.33. The molecule has 1 fully saturated rings. The molecular weight excluding hydrogens is 272 g/mol. The van der Waals surface area contributed by atoms with Crippen molar-refractivity contribution >= 4 is 0 Å². The summed E-state index contributed by atoms with van der Waals surface area (Å²) in [7, 11) is 0. The summed E-state index contributed by atoms with van der Waals surface area (Å²) in [6, 6.07) is 2.74. The lowest BCUT2D eigenvalue weighted by Gasteiger charge is -2.24. The second-order valence-corrected chi connectivity index (χ2v) is 4.52. The van der Waals surface area contributed by atoms with E-state index in [0.717, 1.165) is 38.3 Å². The summed E-state index contributed by atoms with van der Waals surface area (Å²) in [4.78, 5) is 2.13. The molecule has 1 aliphatic rings. The number of piperazine rings is 1. The van der Waals surface area contributed by atoms with Crippen LogP contribution in [0.5, 0.6) is 0 Å². The van der Waals surface area contributed by atoms with Crippen molar-refractivity contribution in [1.29, 1.82) is 0 Å². The van der Waals surface area contributed by atoms with Gasteiger partial charge in [0.15, 0.2) is 0 Å². The standard InChI is InChI=1S/C14H14F4N2/c15-13-10-11(3-4-12(13)14(16,17)18)2-1-7-20-8-5-19-6-9-20/h3-4,10,19H,5-9H2. The third kappa shape index (κ3) is 3.95. The number of nitrogens with one attached hydrogen (secondary N) is 1. The molecule has 2 rings (SSSR count). The van der Waals surface area contributed by atoms with E-state index in [1.54, 1.807) is 0 Å². The zero-order chi connectivity index (χ0) is 14.6. The SMILES string of the molecule is Fc1cc(C#CCN2CCNCC2)ccc1C(F)(F)F. The fourth-order valence-corrected chi connectivity index (χ4v) is 1.95. The monoisotopic (exact) mass is 286 g/mol. The van der Waals surface area contributed by atoms with Gasteiger partial charge in [0, 0.05) is 31.7 Å². The van der Waals surface area contributed by atoms with Crippen LogP contribution in [0.2, 0.25) is 0 Å². The average molecular weight is 286 g/mol. The van der Waals surface area contributed by atoms with Crippen molar-refractivity contribution in [2.75, 3.05) is 32.7 Å². The third-order valence-corrected chi connectivity index (χ3v) is 3.02. The van der Waals surface area contributed by atoms with E-state index in [1.165, 1.54) is 6.07 Å². The first kappa shape index (κ1) is 14.8. The van der Waals surface area contributed by atoms with E-state index in [4.69, 9.17) is 0 Å². The van der Waals surface area contributed by atoms with Gasteiger partial charge in [-0.1, -0.05) is 11.8 Å². The molecule has 0 bridgehead atoms. The van der Waals surface area contributed by atoms with Crippen LogP contribution in [-0.4, -0.2) is 37.6 Å². The molecule has 1 aromatic rings. The van der Waals surface area contributed by atoms with E-state index < -0.39 is 17.6 Å². The highest BCUT2D eigenvalue weighted by atomic mass is 19.4. The van der Waals surface area contributed by atoms with Crippen LogP contribution in [0.1, 0.15) is 11.1 Å². The van der Waals surface area contributed by atoms with Gasteiger partial charge in [0.25, 0.3) is 0 Å². The fourth-order valence-electron chi connectivity index (χ4n) is 1.95.